The van der Waals surface area contributed by atoms with Crippen molar-refractivity contribution in [1.29, 1.82) is 0 Å². The molecule has 9 nitrogen and oxygen atoms in total. The van der Waals surface area contributed by atoms with Crippen LogP contribution in [0, 0.1) is 0 Å². The summed E-state index contributed by atoms with van der Waals surface area (Å²) in [5.74, 6) is 0.726. The number of carbonyl (C=O) groups excluding carboxylic acids is 1. The van der Waals surface area contributed by atoms with E-state index < -0.39 is 22.5 Å². The monoisotopic (exact) mass is 511 g/mol. The highest BCUT2D eigenvalue weighted by Crippen LogP contribution is 2.37. The number of carbonyl (C=O) groups is 1. The molecule has 0 atom stereocenters. The van der Waals surface area contributed by atoms with Crippen LogP contribution >= 0.6 is 0 Å². The average Bonchev–Trinajstić information content (AvgIpc) is 2.91. The van der Waals surface area contributed by atoms with Crippen LogP contribution in [0.4, 0.5) is 0 Å². The van der Waals surface area contributed by atoms with Crippen LogP contribution in [0.3, 0.4) is 0 Å². The largest absolute Gasteiger partial charge is 0.493 e. The van der Waals surface area contributed by atoms with E-state index in [0.29, 0.717) is 29.2 Å². The Morgan fingerprint density at radius 2 is 1.50 bits per heavy atom. The molecule has 0 bridgehead atoms. The summed E-state index contributed by atoms with van der Waals surface area (Å²) >= 11 is 0. The van der Waals surface area contributed by atoms with Gasteiger partial charge < -0.3 is 14.2 Å². The Balaban J connectivity index is 1.74. The SMILES string of the molecule is COc1cc(/C=N/NC(=O)CN(CCc2ccccc2)S(=O)(=O)c2ccccc2)cc(OC)c1OC. The lowest BCUT2D eigenvalue weighted by Gasteiger charge is -2.21. The maximum absolute atomic E-state index is 13.3. The van der Waals surface area contributed by atoms with E-state index >= 15 is 0 Å². The van der Waals surface area contributed by atoms with Gasteiger partial charge in [-0.2, -0.15) is 9.41 Å². The second kappa shape index (κ2) is 12.7. The molecule has 3 rings (SSSR count). The molecule has 190 valence electrons. The van der Waals surface area contributed by atoms with E-state index in [1.54, 1.807) is 30.3 Å². The Labute approximate surface area is 211 Å². The van der Waals surface area contributed by atoms with E-state index in [2.05, 4.69) is 10.5 Å². The third-order valence-electron chi connectivity index (χ3n) is 5.28. The van der Waals surface area contributed by atoms with Crippen LogP contribution in [-0.2, 0) is 21.2 Å². The van der Waals surface area contributed by atoms with Crippen LogP contribution < -0.4 is 19.6 Å². The van der Waals surface area contributed by atoms with Crippen molar-refractivity contribution in [2.75, 3.05) is 34.4 Å². The average molecular weight is 512 g/mol. The summed E-state index contributed by atoms with van der Waals surface area (Å²) in [7, 11) is 0.600. The smallest absolute Gasteiger partial charge is 0.255 e. The van der Waals surface area contributed by atoms with Gasteiger partial charge in [-0.25, -0.2) is 13.8 Å². The fourth-order valence-electron chi connectivity index (χ4n) is 3.47. The first-order valence-corrected chi connectivity index (χ1v) is 12.5. The highest BCUT2D eigenvalue weighted by molar-refractivity contribution is 7.89. The molecule has 0 aliphatic heterocycles. The van der Waals surface area contributed by atoms with E-state index in [1.807, 2.05) is 30.3 Å². The van der Waals surface area contributed by atoms with E-state index in [0.717, 1.165) is 9.87 Å². The summed E-state index contributed by atoms with van der Waals surface area (Å²) in [4.78, 5) is 12.8. The van der Waals surface area contributed by atoms with Crippen LogP contribution in [-0.4, -0.2) is 59.3 Å². The van der Waals surface area contributed by atoms with Crippen molar-refractivity contribution in [3.05, 3.63) is 83.9 Å². The molecule has 0 unspecified atom stereocenters. The highest BCUT2D eigenvalue weighted by atomic mass is 32.2. The molecule has 1 N–H and O–H groups in total. The molecule has 1 amide bonds. The van der Waals surface area contributed by atoms with Gasteiger partial charge >= 0.3 is 0 Å². The summed E-state index contributed by atoms with van der Waals surface area (Å²) < 4.78 is 43.6. The van der Waals surface area contributed by atoms with Gasteiger partial charge in [0.05, 0.1) is 39.0 Å². The van der Waals surface area contributed by atoms with Crippen molar-refractivity contribution < 1.29 is 27.4 Å². The first-order chi connectivity index (χ1) is 17.4. The van der Waals surface area contributed by atoms with Gasteiger partial charge in [-0.05, 0) is 36.2 Å². The van der Waals surface area contributed by atoms with Gasteiger partial charge in [-0.3, -0.25) is 4.79 Å². The summed E-state index contributed by atoms with van der Waals surface area (Å²) in [6.07, 6.45) is 1.86. The Morgan fingerprint density at radius 1 is 0.917 bits per heavy atom. The molecular weight excluding hydrogens is 482 g/mol. The van der Waals surface area contributed by atoms with Gasteiger partial charge in [0.2, 0.25) is 15.8 Å². The number of methoxy groups -OCH3 is 3. The normalized spacial score (nSPS) is 11.4. The van der Waals surface area contributed by atoms with Gasteiger partial charge in [0.25, 0.3) is 5.91 Å². The summed E-state index contributed by atoms with van der Waals surface area (Å²) in [6.45, 7) is -0.262. The summed E-state index contributed by atoms with van der Waals surface area (Å²) in [6, 6.07) is 20.9. The van der Waals surface area contributed by atoms with Crippen molar-refractivity contribution >= 4 is 22.1 Å². The Hall–Kier alpha value is -3.89. The summed E-state index contributed by atoms with van der Waals surface area (Å²) in [5, 5.41) is 3.98. The molecule has 0 heterocycles. The molecule has 0 aliphatic rings. The molecule has 36 heavy (non-hydrogen) atoms. The number of nitrogens with zero attached hydrogens (tertiary/aromatic N) is 2. The molecule has 0 spiro atoms. The predicted octanol–water partition coefficient (Wildman–Crippen LogP) is 3.10. The van der Waals surface area contributed by atoms with Crippen molar-refractivity contribution in [1.82, 2.24) is 9.73 Å². The lowest BCUT2D eigenvalue weighted by molar-refractivity contribution is -0.121. The Morgan fingerprint density at radius 3 is 2.06 bits per heavy atom. The Kier molecular flexibility index (Phi) is 9.43. The highest BCUT2D eigenvalue weighted by Gasteiger charge is 2.26. The number of nitrogens with one attached hydrogen (secondary N) is 1. The fraction of sp³-hybridized carbons (Fsp3) is 0.231. The maximum atomic E-state index is 13.3. The van der Waals surface area contributed by atoms with E-state index in [1.165, 1.54) is 39.7 Å². The lowest BCUT2D eigenvalue weighted by Crippen LogP contribution is -2.40. The number of benzene rings is 3. The minimum atomic E-state index is -3.90. The number of sulfonamides is 1. The van der Waals surface area contributed by atoms with E-state index in [4.69, 9.17) is 14.2 Å². The van der Waals surface area contributed by atoms with Crippen LogP contribution in [0.5, 0.6) is 17.2 Å². The van der Waals surface area contributed by atoms with Crippen molar-refractivity contribution in [3.63, 3.8) is 0 Å². The van der Waals surface area contributed by atoms with Crippen LogP contribution in [0.2, 0.25) is 0 Å². The predicted molar refractivity (Wildman–Crippen MR) is 137 cm³/mol. The van der Waals surface area contributed by atoms with Gasteiger partial charge in [0, 0.05) is 12.1 Å². The number of hydrogen-bond acceptors (Lipinski definition) is 7. The molecule has 0 saturated carbocycles. The standard InChI is InChI=1S/C26H29N3O6S/c1-33-23-16-21(17-24(34-2)26(23)35-3)18-27-28-25(30)19-29(15-14-20-10-6-4-7-11-20)36(31,32)22-12-8-5-9-13-22/h4-13,16-18H,14-15,19H2,1-3H3,(H,28,30)/b27-18+. The van der Waals surface area contributed by atoms with Crippen LogP contribution in [0.1, 0.15) is 11.1 Å². The zero-order valence-corrected chi connectivity index (χ0v) is 21.2. The minimum Gasteiger partial charge on any atom is -0.493 e. The molecule has 3 aromatic carbocycles. The zero-order valence-electron chi connectivity index (χ0n) is 20.4. The number of amides is 1. The van der Waals surface area contributed by atoms with Gasteiger partial charge in [-0.15, -0.1) is 0 Å². The first-order valence-electron chi connectivity index (χ1n) is 11.1. The van der Waals surface area contributed by atoms with Gasteiger partial charge in [0.1, 0.15) is 0 Å². The lowest BCUT2D eigenvalue weighted by atomic mass is 10.1. The molecule has 3 aromatic rings. The van der Waals surface area contributed by atoms with Crippen molar-refractivity contribution in [2.45, 2.75) is 11.3 Å². The second-order valence-corrected chi connectivity index (χ2v) is 9.58. The van der Waals surface area contributed by atoms with E-state index in [-0.39, 0.29) is 11.4 Å². The van der Waals surface area contributed by atoms with Crippen LogP contribution in [0.15, 0.2) is 82.8 Å². The maximum Gasteiger partial charge on any atom is 0.255 e. The quantitative estimate of drug-likeness (QED) is 0.296. The zero-order chi connectivity index (χ0) is 26.0. The number of ether oxygens (including phenoxy) is 3. The molecule has 0 aromatic heterocycles. The van der Waals surface area contributed by atoms with Crippen molar-refractivity contribution in [2.24, 2.45) is 5.10 Å². The van der Waals surface area contributed by atoms with E-state index in [9.17, 15) is 13.2 Å². The number of hydrogen-bond donors (Lipinski definition) is 1. The topological polar surface area (TPSA) is 107 Å². The Bertz CT molecular complexity index is 1260. The van der Waals surface area contributed by atoms with Gasteiger partial charge in [-0.1, -0.05) is 48.5 Å². The third kappa shape index (κ3) is 6.83. The minimum absolute atomic E-state index is 0.117. The fourth-order valence-corrected chi connectivity index (χ4v) is 4.89. The van der Waals surface area contributed by atoms with Crippen LogP contribution in [0.25, 0.3) is 0 Å². The molecule has 0 fully saturated rings. The molecule has 0 radical (unpaired) electrons. The molecule has 0 saturated heterocycles. The number of rotatable bonds is 12. The van der Waals surface area contributed by atoms with Crippen molar-refractivity contribution in [3.8, 4) is 17.2 Å². The second-order valence-electron chi connectivity index (χ2n) is 7.64. The third-order valence-corrected chi connectivity index (χ3v) is 7.14. The summed E-state index contributed by atoms with van der Waals surface area (Å²) in [5.41, 5.74) is 3.95. The number of hydrazone groups is 1. The first kappa shape index (κ1) is 26.7. The molecule has 10 heteroatoms. The molecule has 0 aliphatic carbocycles. The van der Waals surface area contributed by atoms with Gasteiger partial charge in [0.15, 0.2) is 11.5 Å². The molecular formula is C26H29N3O6S.